The molecule has 0 saturated heterocycles. The van der Waals surface area contributed by atoms with E-state index in [2.05, 4.69) is 20.5 Å². The van der Waals surface area contributed by atoms with Gasteiger partial charge in [0.25, 0.3) is 0 Å². The minimum Gasteiger partial charge on any atom is -0.870 e. The van der Waals surface area contributed by atoms with Gasteiger partial charge in [-0.1, -0.05) is 35.1 Å². The van der Waals surface area contributed by atoms with Crippen LogP contribution < -0.4 is 64.1 Å². The summed E-state index contributed by atoms with van der Waals surface area (Å²) < 4.78 is 0. The number of thioether (sulfide) groups is 1. The van der Waals surface area contributed by atoms with Crippen LogP contribution >= 0.6 is 48.1 Å². The number of nitrogens with two attached hydrogens (primary N) is 5. The standard InChI is InChI=1S/C6H14N4O.C5H11NO.C2H7N3S.ClH.HI.Na.H2O/c1-5(2)3-4-11-10-6(7)9-8;1-5(2)3-4-7-6;1-6-2(3)5-4;;;;/h3H,4,8H2,1-2H3,(H3,7,9,10);3H,4,6H2,1-2H3;4H2,1H3,(H2,3,5);2*1H;;1H2/q;;;;;+1;/p-1. The molecule has 0 unspecified atom stereocenters. The van der Waals surface area contributed by atoms with E-state index in [1.54, 1.807) is 0 Å². The zero-order valence-corrected chi connectivity index (χ0v) is 23.3. The summed E-state index contributed by atoms with van der Waals surface area (Å²) in [5, 5.41) is 6.72. The van der Waals surface area contributed by atoms with Gasteiger partial charge in [0.1, 0.15) is 0 Å². The van der Waals surface area contributed by atoms with E-state index in [4.69, 9.17) is 33.9 Å². The van der Waals surface area contributed by atoms with Crippen molar-refractivity contribution in [1.82, 2.24) is 5.48 Å². The summed E-state index contributed by atoms with van der Waals surface area (Å²) in [5.41, 5.74) is 15.0. The molecule has 0 atom stereocenters. The van der Waals surface area contributed by atoms with Crippen LogP contribution in [0.5, 0.6) is 0 Å². The maximum Gasteiger partial charge on any atom is 1.00 e. The topological polar surface area (TPSA) is 215 Å². The number of amidine groups is 1. The van der Waals surface area contributed by atoms with Gasteiger partial charge in [-0.2, -0.15) is 5.10 Å². The average molecular weight is 569 g/mol. The normalized spacial score (nSPS) is 8.93. The first-order valence-corrected chi connectivity index (χ1v) is 8.04. The second-order valence-electron chi connectivity index (χ2n) is 4.50. The molecule has 28 heavy (non-hydrogen) atoms. The molecule has 0 aromatic heterocycles. The molecule has 166 valence electrons. The Morgan fingerprint density at radius 3 is 1.64 bits per heavy atom. The first kappa shape index (κ1) is 46.3. The first-order chi connectivity index (χ1) is 11.2. The molecule has 0 aliphatic carbocycles. The number of nitrogens with one attached hydrogen (secondary N) is 1. The van der Waals surface area contributed by atoms with Crippen LogP contribution in [0.25, 0.3) is 0 Å². The molecule has 0 fully saturated rings. The number of rotatable bonds is 5. The van der Waals surface area contributed by atoms with E-state index < -0.39 is 0 Å². The van der Waals surface area contributed by atoms with E-state index in [-0.39, 0.29) is 77.4 Å². The van der Waals surface area contributed by atoms with Crippen LogP contribution in [0.3, 0.4) is 0 Å². The van der Waals surface area contributed by atoms with E-state index in [1.165, 1.54) is 22.9 Å². The van der Waals surface area contributed by atoms with Crippen molar-refractivity contribution in [1.29, 1.82) is 0 Å². The Bertz CT molecular complexity index is 425. The molecule has 0 spiro atoms. The van der Waals surface area contributed by atoms with Gasteiger partial charge in [-0.15, -0.1) is 41.5 Å². The molecule has 0 saturated carbocycles. The van der Waals surface area contributed by atoms with Crippen LogP contribution in [0.2, 0.25) is 0 Å². The van der Waals surface area contributed by atoms with Gasteiger partial charge in [0, 0.05) is 0 Å². The molecule has 11 nitrogen and oxygen atoms in total. The van der Waals surface area contributed by atoms with Crippen LogP contribution in [0.4, 0.5) is 0 Å². The Kier molecular flexibility index (Phi) is 62.4. The van der Waals surface area contributed by atoms with Crippen LogP contribution in [0.1, 0.15) is 27.7 Å². The fourth-order valence-electron chi connectivity index (χ4n) is 0.618. The Morgan fingerprint density at radius 2 is 1.43 bits per heavy atom. The van der Waals surface area contributed by atoms with Crippen LogP contribution in [-0.4, -0.2) is 36.1 Å². The summed E-state index contributed by atoms with van der Waals surface area (Å²) in [7, 11) is 0. The predicted octanol–water partition coefficient (Wildman–Crippen LogP) is -2.09. The molecular formula is C13H35ClIN8NaO3S. The maximum atomic E-state index is 5.16. The number of allylic oxidation sites excluding steroid dienone is 2. The molecule has 0 amide bonds. The van der Waals surface area contributed by atoms with Crippen LogP contribution in [0, 0.1) is 0 Å². The second-order valence-corrected chi connectivity index (χ2v) is 5.32. The van der Waals surface area contributed by atoms with Crippen molar-refractivity contribution in [2.45, 2.75) is 27.7 Å². The molecule has 0 aliphatic heterocycles. The predicted molar refractivity (Wildman–Crippen MR) is 128 cm³/mol. The summed E-state index contributed by atoms with van der Waals surface area (Å²) in [6.07, 6.45) is 5.63. The minimum absolute atomic E-state index is 0. The molecule has 0 bridgehead atoms. The summed E-state index contributed by atoms with van der Waals surface area (Å²) in [5.74, 6) is 14.3. The zero-order valence-electron chi connectivity index (χ0n) is 17.3. The van der Waals surface area contributed by atoms with Gasteiger partial charge in [-0.3, -0.25) is 4.84 Å². The maximum absolute atomic E-state index is 5.16. The Balaban J connectivity index is -0.0000000463. The number of hydrogen-bond donors (Lipinski definition) is 6. The van der Waals surface area contributed by atoms with Gasteiger partial charge >= 0.3 is 29.6 Å². The Hall–Kier alpha value is 0.0300. The van der Waals surface area contributed by atoms with Gasteiger partial charge in [0.15, 0.2) is 5.17 Å². The Morgan fingerprint density at radius 1 is 1.00 bits per heavy atom. The van der Waals surface area contributed by atoms with Crippen molar-refractivity contribution >= 4 is 59.3 Å². The summed E-state index contributed by atoms with van der Waals surface area (Å²) in [6.45, 7) is 8.91. The second kappa shape index (κ2) is 37.7. The minimum atomic E-state index is 0. The first-order valence-electron chi connectivity index (χ1n) is 6.81. The largest absolute Gasteiger partial charge is 1.00 e. The van der Waals surface area contributed by atoms with Gasteiger partial charge < -0.3 is 33.5 Å². The van der Waals surface area contributed by atoms with Crippen molar-refractivity contribution in [3.63, 3.8) is 0 Å². The summed E-state index contributed by atoms with van der Waals surface area (Å²) >= 11 is 1.33. The number of guanidine groups is 1. The van der Waals surface area contributed by atoms with Crippen LogP contribution in [-0.2, 0) is 9.68 Å². The molecule has 15 heteroatoms. The zero-order chi connectivity index (χ0) is 19.4. The molecule has 0 aromatic rings. The van der Waals surface area contributed by atoms with Crippen molar-refractivity contribution in [2.75, 3.05) is 19.5 Å². The van der Waals surface area contributed by atoms with E-state index in [0.29, 0.717) is 18.4 Å². The van der Waals surface area contributed by atoms with Crippen molar-refractivity contribution in [2.24, 2.45) is 39.3 Å². The van der Waals surface area contributed by atoms with Gasteiger partial charge in [0.05, 0.1) is 13.2 Å². The summed E-state index contributed by atoms with van der Waals surface area (Å²) in [4.78, 5) is 9.11. The number of hydroxylamine groups is 1. The third kappa shape index (κ3) is 56.2. The number of hydrogen-bond acceptors (Lipinski definition) is 9. The molecule has 12 N–H and O–H groups in total. The number of halogens is 2. The average Bonchev–Trinajstić information content (AvgIpc) is 2.56. The van der Waals surface area contributed by atoms with Crippen molar-refractivity contribution in [3.8, 4) is 0 Å². The molecule has 0 heterocycles. The molecule has 0 radical (unpaired) electrons. The van der Waals surface area contributed by atoms with E-state index in [9.17, 15) is 0 Å². The van der Waals surface area contributed by atoms with Gasteiger partial charge in [0.2, 0.25) is 5.96 Å². The molecule has 0 rings (SSSR count). The molecule has 0 aliphatic rings. The van der Waals surface area contributed by atoms with Gasteiger partial charge in [-0.25, -0.2) is 11.4 Å². The fourth-order valence-corrected chi connectivity index (χ4v) is 0.723. The summed E-state index contributed by atoms with van der Waals surface area (Å²) in [6, 6.07) is 0. The smallest absolute Gasteiger partial charge is 0.870 e. The third-order valence-electron chi connectivity index (χ3n) is 1.81. The Labute approximate surface area is 217 Å². The SMILES string of the molecule is CC(C)=CCON.CC(C)=CCONC(N)=NN.CSC(N)=NN.Cl.I.[Na+].[OH-]. The van der Waals surface area contributed by atoms with Crippen molar-refractivity contribution in [3.05, 3.63) is 23.3 Å². The molecule has 0 aromatic carbocycles. The van der Waals surface area contributed by atoms with E-state index in [0.717, 1.165) is 0 Å². The monoisotopic (exact) mass is 568 g/mol. The van der Waals surface area contributed by atoms with Gasteiger partial charge in [-0.05, 0) is 34.0 Å². The molecular weight excluding hydrogens is 534 g/mol. The third-order valence-corrected chi connectivity index (χ3v) is 2.34. The van der Waals surface area contributed by atoms with E-state index in [1.807, 2.05) is 46.1 Å². The fraction of sp³-hybridized carbons (Fsp3) is 0.538. The number of hydrazone groups is 2. The van der Waals surface area contributed by atoms with E-state index >= 15 is 0 Å². The number of nitrogens with zero attached hydrogens (tertiary/aromatic N) is 2. The van der Waals surface area contributed by atoms with Crippen LogP contribution in [0.15, 0.2) is 33.5 Å². The van der Waals surface area contributed by atoms with Crippen molar-refractivity contribution < 1.29 is 44.7 Å². The quantitative estimate of drug-likeness (QED) is 0.0311.